The minimum absolute atomic E-state index is 0. The number of nitrogens with zero attached hydrogens (tertiary/aromatic N) is 2. The topological polar surface area (TPSA) is 265 Å². The van der Waals surface area contributed by atoms with E-state index in [9.17, 15) is 39.0 Å². The summed E-state index contributed by atoms with van der Waals surface area (Å²) in [6.07, 6.45) is 9.33. The minimum Gasteiger partial charge on any atom is -0.661 e. The van der Waals surface area contributed by atoms with Crippen LogP contribution in [-0.2, 0) is 104 Å². The quantitative estimate of drug-likeness (QED) is 0.0445. The number of aryl methyl sites for hydroxylation is 1. The first-order chi connectivity index (χ1) is 41.7. The largest absolute Gasteiger partial charge is 1.00 e. The van der Waals surface area contributed by atoms with Crippen LogP contribution in [0.5, 0.6) is 17.2 Å². The van der Waals surface area contributed by atoms with Crippen molar-refractivity contribution in [3.63, 3.8) is 0 Å². The van der Waals surface area contributed by atoms with Crippen molar-refractivity contribution < 1.29 is 107 Å². The number of aliphatic carboxylic acids is 2. The number of carboxylic acid groups (broad SMARTS) is 2. The van der Waals surface area contributed by atoms with Gasteiger partial charge in [-0.3, -0.25) is 28.8 Å². The zero-order valence-corrected chi connectivity index (χ0v) is 56.8. The molecule has 0 radical (unpaired) electrons. The van der Waals surface area contributed by atoms with Gasteiger partial charge >= 0.3 is 55.2 Å². The number of rotatable bonds is 19. The molecule has 0 bridgehead atoms. The van der Waals surface area contributed by atoms with Gasteiger partial charge in [0.2, 0.25) is 0 Å². The first-order valence-electron chi connectivity index (χ1n) is 30.7. The second kappa shape index (κ2) is 36.1. The van der Waals surface area contributed by atoms with Gasteiger partial charge in [-0.1, -0.05) is 69.6 Å². The maximum atomic E-state index is 11.5. The van der Waals surface area contributed by atoms with Gasteiger partial charge in [0.25, 0.3) is 17.9 Å². The Morgan fingerprint density at radius 3 is 1.51 bits per heavy atom. The summed E-state index contributed by atoms with van der Waals surface area (Å²) in [6.45, 7) is 24.9. The molecule has 5 N–H and O–H groups in total. The molecular weight excluding hydrogens is 1170 g/mol. The first-order valence-corrected chi connectivity index (χ1v) is 31.0. The molecule has 3 spiro atoms. The number of carbonyl (C=O) groups is 7. The maximum absolute atomic E-state index is 11.5. The van der Waals surface area contributed by atoms with Crippen molar-refractivity contribution in [1.82, 2.24) is 15.1 Å². The third-order valence-electron chi connectivity index (χ3n) is 16.4. The molecule has 6 aliphatic rings. The van der Waals surface area contributed by atoms with Crippen LogP contribution in [-0.4, -0.2) is 146 Å². The number of phenols is 2. The van der Waals surface area contributed by atoms with E-state index in [-0.39, 0.29) is 66.2 Å². The van der Waals surface area contributed by atoms with E-state index >= 15 is 0 Å². The summed E-state index contributed by atoms with van der Waals surface area (Å²) >= 11 is 6.39. The molecule has 3 atom stereocenters. The second-order valence-electron chi connectivity index (χ2n) is 24.9. The number of carboxylic acids is 2. The van der Waals surface area contributed by atoms with Gasteiger partial charge in [-0.2, -0.15) is 0 Å². The van der Waals surface area contributed by atoms with Gasteiger partial charge in [-0.05, 0) is 152 Å². The molecule has 4 aromatic carbocycles. The van der Waals surface area contributed by atoms with Crippen LogP contribution in [0.15, 0.2) is 72.8 Å². The monoisotopic (exact) mass is 1260 g/mol. The number of aromatic hydroxyl groups is 2. The van der Waals surface area contributed by atoms with Gasteiger partial charge in [-0.15, -0.1) is 0 Å². The molecule has 482 valence electrons. The number of phenolic OH excluding ortho intramolecular Hbond substituents is 2. The van der Waals surface area contributed by atoms with Crippen molar-refractivity contribution in [3.05, 3.63) is 122 Å². The SMILES string of the molecule is CC(=O)O.CC(=O)O[BH2-]OC(C)=O.CCOC(=O)CC(C)C=O.CCOC(=O)CC(C)CN1CC2(Cc3ccc(O)cc3C2)C1.CCc1cccc(Cl)c1COc1ccc2c(c1)CC1(C2)CN(CC(C)CC(=O)O)C1.Oc1ccc2c(c1)CC1(CNC1)C2.[Na+]. The minimum atomic E-state index is -1.27. The van der Waals surface area contributed by atoms with E-state index < -0.39 is 31.6 Å². The summed E-state index contributed by atoms with van der Waals surface area (Å²) in [5.41, 5.74) is 11.8. The molecule has 22 heteroatoms. The molecule has 0 aromatic heterocycles. The summed E-state index contributed by atoms with van der Waals surface area (Å²) in [7, 11) is -1.27. The zero-order valence-electron chi connectivity index (χ0n) is 54.0. The van der Waals surface area contributed by atoms with Crippen LogP contribution >= 0.6 is 11.6 Å². The average molecular weight is 1260 g/mol. The predicted molar refractivity (Wildman–Crippen MR) is 337 cm³/mol. The van der Waals surface area contributed by atoms with Gasteiger partial charge in [0.15, 0.2) is 0 Å². The summed E-state index contributed by atoms with van der Waals surface area (Å²) in [5, 5.41) is 39.4. The molecule has 10 rings (SSSR count). The number of hydrogen-bond donors (Lipinski definition) is 5. The van der Waals surface area contributed by atoms with Crippen LogP contribution in [0, 0.1) is 34.0 Å². The summed E-state index contributed by atoms with van der Waals surface area (Å²) in [6, 6.07) is 24.0. The molecule has 3 heterocycles. The molecule has 3 aliphatic heterocycles. The number of fused-ring (bicyclic) bond motifs is 3. The fourth-order valence-corrected chi connectivity index (χ4v) is 12.9. The number of benzene rings is 4. The summed E-state index contributed by atoms with van der Waals surface area (Å²) in [5.74, 6) is -0.758. The number of esters is 2. The second-order valence-corrected chi connectivity index (χ2v) is 25.3. The van der Waals surface area contributed by atoms with Gasteiger partial charge < -0.3 is 63.9 Å². The van der Waals surface area contributed by atoms with Crippen LogP contribution in [0.2, 0.25) is 5.02 Å². The van der Waals surface area contributed by atoms with Crippen LogP contribution in [0.3, 0.4) is 0 Å². The Morgan fingerprint density at radius 2 is 1.07 bits per heavy atom. The summed E-state index contributed by atoms with van der Waals surface area (Å²) in [4.78, 5) is 77.0. The fourth-order valence-electron chi connectivity index (χ4n) is 12.7. The van der Waals surface area contributed by atoms with Crippen molar-refractivity contribution in [1.29, 1.82) is 0 Å². The van der Waals surface area contributed by atoms with Gasteiger partial charge in [-0.25, -0.2) is 0 Å². The van der Waals surface area contributed by atoms with Gasteiger partial charge in [0, 0.05) is 119 Å². The van der Waals surface area contributed by atoms with Crippen LogP contribution in [0.1, 0.15) is 126 Å². The zero-order chi connectivity index (χ0) is 64.8. The van der Waals surface area contributed by atoms with E-state index in [0.29, 0.717) is 59.9 Å². The van der Waals surface area contributed by atoms with Crippen LogP contribution in [0.25, 0.3) is 0 Å². The molecular formula is C67H92BClN3NaO16. The third-order valence-corrected chi connectivity index (χ3v) is 16.8. The smallest absolute Gasteiger partial charge is 0.661 e. The molecule has 3 saturated heterocycles. The van der Waals surface area contributed by atoms with E-state index in [1.54, 1.807) is 26.0 Å². The van der Waals surface area contributed by atoms with Crippen molar-refractivity contribution >= 4 is 61.4 Å². The van der Waals surface area contributed by atoms with E-state index in [2.05, 4.69) is 79.4 Å². The first kappa shape index (κ1) is 75.5. The Kier molecular flexibility index (Phi) is 30.7. The Labute approximate surface area is 552 Å². The van der Waals surface area contributed by atoms with E-state index in [0.717, 1.165) is 120 Å². The van der Waals surface area contributed by atoms with Crippen molar-refractivity contribution in [2.24, 2.45) is 34.0 Å². The van der Waals surface area contributed by atoms with E-state index in [1.807, 2.05) is 38.1 Å². The number of hydrogen-bond acceptors (Lipinski definition) is 17. The van der Waals surface area contributed by atoms with Crippen LogP contribution in [0.4, 0.5) is 0 Å². The number of nitrogens with one attached hydrogen (secondary N) is 1. The Hall–Kier alpha value is -6.00. The van der Waals surface area contributed by atoms with Crippen molar-refractivity contribution in [3.8, 4) is 17.2 Å². The van der Waals surface area contributed by atoms with E-state index in [1.165, 1.54) is 59.2 Å². The maximum Gasteiger partial charge on any atom is 1.00 e. The molecule has 3 aliphatic carbocycles. The third kappa shape index (κ3) is 24.6. The molecule has 0 amide bonds. The number of ether oxygens (including phenoxy) is 3. The molecule has 0 saturated carbocycles. The van der Waals surface area contributed by atoms with Gasteiger partial charge in [0.1, 0.15) is 30.1 Å². The van der Waals surface area contributed by atoms with Crippen molar-refractivity contribution in [2.75, 3.05) is 65.6 Å². The number of carbonyl (C=O) groups excluding carboxylic acids is 5. The molecule has 3 unspecified atom stereocenters. The molecule has 3 fully saturated rings. The normalized spacial score (nSPS) is 17.0. The Balaban J connectivity index is 0.000000251. The molecule has 89 heavy (non-hydrogen) atoms. The average Bonchev–Trinajstić information content (AvgIpc) is 1.70. The predicted octanol–water partition coefficient (Wildman–Crippen LogP) is 5.44. The van der Waals surface area contributed by atoms with Gasteiger partial charge in [0.05, 0.1) is 19.6 Å². The molecule has 4 aromatic rings. The Morgan fingerprint density at radius 1 is 0.629 bits per heavy atom. The van der Waals surface area contributed by atoms with E-state index in [4.69, 9.17) is 36.1 Å². The number of likely N-dealkylation sites (tertiary alicyclic amines) is 2. The molecule has 19 nitrogen and oxygen atoms in total. The van der Waals surface area contributed by atoms with Crippen LogP contribution < -0.4 is 39.6 Å². The number of halogens is 1. The standard InChI is InChI=1S/C25H30ClNO3.C18H25NO3.C11H13NO.C7H12O3.C4H8BO4.C2H4O2.Na/c1-3-18-5-4-6-23(26)22(18)14-30-21-8-7-19-11-25(12-20(19)10-21)15-27(16-25)13-17(2)9-24(28)29;1-3-22-17(21)6-13(2)10-19-11-18(12-19)8-14-4-5-16(20)7-15(14)9-18;13-10-2-1-8-4-11(6-12-7-11)5-9(8)3-10;1-3-10-7(9)4-6(2)5-8;1-3(6)8-5-9-4(2)7;1-2(3)4;/h4-8,10,17H,3,9,11-16H2,1-2H3,(H,28,29);4-5,7,13,20H,3,6,8-12H2,1-2H3;1-3,12-13H,4-7H2;5-6H,3-4H2,1-2H3;5H2,1-2H3;1H3,(H,3,4);/q;;;;-1;;+1. The Bertz CT molecular complexity index is 3000. The fraction of sp³-hybridized carbons (Fsp3) is 0.537. The number of aldehydes is 1. The van der Waals surface area contributed by atoms with Crippen molar-refractivity contribution in [2.45, 2.75) is 133 Å². The summed E-state index contributed by atoms with van der Waals surface area (Å²) < 4.78 is 24.5.